The van der Waals surface area contributed by atoms with E-state index < -0.39 is 0 Å². The van der Waals surface area contributed by atoms with Crippen molar-refractivity contribution in [1.82, 2.24) is 9.38 Å². The molecule has 0 aliphatic carbocycles. The smallest absolute Gasteiger partial charge is 0.193 e. The highest BCUT2D eigenvalue weighted by Gasteiger charge is 2.01. The highest BCUT2D eigenvalue weighted by atomic mass is 15.1. The summed E-state index contributed by atoms with van der Waals surface area (Å²) in [7, 11) is 0. The fourth-order valence-corrected chi connectivity index (χ4v) is 2.41. The number of nitrogens with zero attached hydrogens (tertiary/aromatic N) is 3. The number of imidazole rings is 1. The van der Waals surface area contributed by atoms with Crippen molar-refractivity contribution in [2.45, 2.75) is 20.3 Å². The van der Waals surface area contributed by atoms with Crippen LogP contribution in [0.25, 0.3) is 5.65 Å². The molecule has 0 spiro atoms. The molecule has 0 unspecified atom stereocenters. The lowest BCUT2D eigenvalue weighted by Crippen LogP contribution is -2.23. The summed E-state index contributed by atoms with van der Waals surface area (Å²) in [5.41, 5.74) is 11.4. The van der Waals surface area contributed by atoms with E-state index in [1.165, 1.54) is 11.1 Å². The molecule has 0 bridgehead atoms. The number of nitrogens with two attached hydrogens (primary N) is 1. The van der Waals surface area contributed by atoms with Crippen molar-refractivity contribution in [3.05, 3.63) is 65.6 Å². The molecule has 5 nitrogen and oxygen atoms in total. The summed E-state index contributed by atoms with van der Waals surface area (Å²) >= 11 is 0. The third-order valence-corrected chi connectivity index (χ3v) is 3.84. The Kier molecular flexibility index (Phi) is 4.28. The van der Waals surface area contributed by atoms with Crippen LogP contribution in [0.1, 0.15) is 16.8 Å². The number of pyridine rings is 1. The zero-order valence-electron chi connectivity index (χ0n) is 13.5. The Balaban J connectivity index is 1.59. The van der Waals surface area contributed by atoms with Gasteiger partial charge < -0.3 is 15.5 Å². The summed E-state index contributed by atoms with van der Waals surface area (Å²) in [4.78, 5) is 8.92. The first kappa shape index (κ1) is 15.1. The molecule has 2 aromatic heterocycles. The normalized spacial score (nSPS) is 11.8. The van der Waals surface area contributed by atoms with Crippen LogP contribution < -0.4 is 11.1 Å². The topological polar surface area (TPSA) is 67.7 Å². The summed E-state index contributed by atoms with van der Waals surface area (Å²) in [6.45, 7) is 4.77. The Morgan fingerprint density at radius 2 is 2.09 bits per heavy atom. The maximum Gasteiger partial charge on any atom is 0.193 e. The van der Waals surface area contributed by atoms with Crippen LogP contribution in [-0.4, -0.2) is 21.9 Å². The molecule has 118 valence electrons. The maximum absolute atomic E-state index is 5.95. The van der Waals surface area contributed by atoms with Crippen LogP contribution in [0.2, 0.25) is 0 Å². The number of aryl methyl sites for hydroxylation is 2. The average Bonchev–Trinajstić information content (AvgIpc) is 2.93. The quantitative estimate of drug-likeness (QED) is 0.575. The number of hydrogen-bond acceptors (Lipinski definition) is 2. The number of nitrogens with one attached hydrogen (secondary N) is 1. The average molecular weight is 307 g/mol. The van der Waals surface area contributed by atoms with Gasteiger partial charge in [0.25, 0.3) is 0 Å². The molecular formula is C18H21N5. The number of aromatic nitrogens is 2. The van der Waals surface area contributed by atoms with Crippen molar-refractivity contribution in [1.29, 1.82) is 0 Å². The molecule has 0 amide bonds. The van der Waals surface area contributed by atoms with E-state index in [1.807, 2.05) is 41.1 Å². The van der Waals surface area contributed by atoms with Crippen LogP contribution >= 0.6 is 0 Å². The molecule has 0 fully saturated rings. The van der Waals surface area contributed by atoms with E-state index in [-0.39, 0.29) is 0 Å². The largest absolute Gasteiger partial charge is 0.370 e. The predicted octanol–water partition coefficient (Wildman–Crippen LogP) is 2.92. The SMILES string of the molecule is Cc1ccc(NC(N)=NCCc2cn3ccccc3n2)cc1C. The first-order valence-electron chi connectivity index (χ1n) is 7.68. The molecule has 2 heterocycles. The Morgan fingerprint density at radius 3 is 2.87 bits per heavy atom. The molecule has 3 rings (SSSR count). The van der Waals surface area contributed by atoms with Gasteiger partial charge in [0.05, 0.1) is 5.69 Å². The summed E-state index contributed by atoms with van der Waals surface area (Å²) < 4.78 is 2.01. The van der Waals surface area contributed by atoms with Crippen molar-refractivity contribution in [2.75, 3.05) is 11.9 Å². The van der Waals surface area contributed by atoms with E-state index in [2.05, 4.69) is 41.3 Å². The molecule has 0 saturated heterocycles. The second-order valence-electron chi connectivity index (χ2n) is 5.64. The van der Waals surface area contributed by atoms with Gasteiger partial charge in [0, 0.05) is 31.0 Å². The van der Waals surface area contributed by atoms with Gasteiger partial charge in [0.2, 0.25) is 0 Å². The molecule has 3 N–H and O–H groups in total. The first-order chi connectivity index (χ1) is 11.1. The predicted molar refractivity (Wildman–Crippen MR) is 94.9 cm³/mol. The van der Waals surface area contributed by atoms with Gasteiger partial charge in [0.1, 0.15) is 5.65 Å². The van der Waals surface area contributed by atoms with Crippen LogP contribution in [0, 0.1) is 13.8 Å². The zero-order valence-corrected chi connectivity index (χ0v) is 13.5. The summed E-state index contributed by atoms with van der Waals surface area (Å²) in [6.07, 6.45) is 4.78. The number of fused-ring (bicyclic) bond motifs is 1. The molecule has 1 aromatic carbocycles. The number of aliphatic imine (C=N–C) groups is 1. The van der Waals surface area contributed by atoms with Crippen LogP contribution in [-0.2, 0) is 6.42 Å². The highest BCUT2D eigenvalue weighted by Crippen LogP contribution is 2.13. The van der Waals surface area contributed by atoms with E-state index in [9.17, 15) is 0 Å². The molecular weight excluding hydrogens is 286 g/mol. The molecule has 0 aliphatic heterocycles. The molecule has 0 aliphatic rings. The van der Waals surface area contributed by atoms with Gasteiger partial charge in [0.15, 0.2) is 5.96 Å². The number of guanidine groups is 1. The van der Waals surface area contributed by atoms with Crippen LogP contribution in [0.3, 0.4) is 0 Å². The Hall–Kier alpha value is -2.82. The minimum atomic E-state index is 0.428. The van der Waals surface area contributed by atoms with Crippen molar-refractivity contribution in [2.24, 2.45) is 10.7 Å². The number of benzene rings is 1. The minimum Gasteiger partial charge on any atom is -0.370 e. The van der Waals surface area contributed by atoms with Crippen molar-refractivity contribution in [3.8, 4) is 0 Å². The second-order valence-corrected chi connectivity index (χ2v) is 5.64. The molecule has 0 radical (unpaired) electrons. The van der Waals surface area contributed by atoms with Crippen LogP contribution in [0.15, 0.2) is 53.8 Å². The lowest BCUT2D eigenvalue weighted by atomic mass is 10.1. The zero-order chi connectivity index (χ0) is 16.2. The summed E-state index contributed by atoms with van der Waals surface area (Å²) in [6, 6.07) is 12.1. The lowest BCUT2D eigenvalue weighted by molar-refractivity contribution is 0.934. The Morgan fingerprint density at radius 1 is 1.22 bits per heavy atom. The van der Waals surface area contributed by atoms with Gasteiger partial charge in [-0.05, 0) is 49.2 Å². The van der Waals surface area contributed by atoms with Gasteiger partial charge in [-0.2, -0.15) is 0 Å². The molecule has 23 heavy (non-hydrogen) atoms. The van der Waals surface area contributed by atoms with Gasteiger partial charge in [-0.1, -0.05) is 12.1 Å². The second kappa shape index (κ2) is 6.52. The first-order valence-corrected chi connectivity index (χ1v) is 7.68. The van der Waals surface area contributed by atoms with Gasteiger partial charge in [-0.25, -0.2) is 4.98 Å². The number of hydrogen-bond donors (Lipinski definition) is 2. The Labute approximate surface area is 135 Å². The van der Waals surface area contributed by atoms with E-state index in [4.69, 9.17) is 5.73 Å². The van der Waals surface area contributed by atoms with E-state index >= 15 is 0 Å². The number of rotatable bonds is 4. The summed E-state index contributed by atoms with van der Waals surface area (Å²) in [5, 5.41) is 3.12. The van der Waals surface area contributed by atoms with E-state index in [1.54, 1.807) is 0 Å². The molecule has 3 aromatic rings. The van der Waals surface area contributed by atoms with Crippen LogP contribution in [0.5, 0.6) is 0 Å². The molecule has 0 saturated carbocycles. The minimum absolute atomic E-state index is 0.428. The van der Waals surface area contributed by atoms with Crippen molar-refractivity contribution < 1.29 is 0 Å². The fourth-order valence-electron chi connectivity index (χ4n) is 2.41. The molecule has 5 heteroatoms. The third kappa shape index (κ3) is 3.69. The third-order valence-electron chi connectivity index (χ3n) is 3.84. The Bertz CT molecular complexity index is 814. The van der Waals surface area contributed by atoms with Crippen molar-refractivity contribution in [3.63, 3.8) is 0 Å². The van der Waals surface area contributed by atoms with Crippen molar-refractivity contribution >= 4 is 17.3 Å². The monoisotopic (exact) mass is 307 g/mol. The summed E-state index contributed by atoms with van der Waals surface area (Å²) in [5.74, 6) is 0.428. The fraction of sp³-hybridized carbons (Fsp3) is 0.222. The maximum atomic E-state index is 5.95. The lowest BCUT2D eigenvalue weighted by Gasteiger charge is -2.07. The van der Waals surface area contributed by atoms with Crippen LogP contribution in [0.4, 0.5) is 5.69 Å². The van der Waals surface area contributed by atoms with E-state index in [0.717, 1.165) is 23.4 Å². The number of anilines is 1. The van der Waals surface area contributed by atoms with Gasteiger partial charge >= 0.3 is 0 Å². The molecule has 0 atom stereocenters. The van der Waals surface area contributed by atoms with E-state index in [0.29, 0.717) is 12.5 Å². The van der Waals surface area contributed by atoms with Gasteiger partial charge in [-0.15, -0.1) is 0 Å². The highest BCUT2D eigenvalue weighted by molar-refractivity contribution is 5.92. The van der Waals surface area contributed by atoms with Gasteiger partial charge in [-0.3, -0.25) is 4.99 Å². The standard InChI is InChI=1S/C18H21N5/c1-13-6-7-15(11-14(13)2)22-18(19)20-9-8-16-12-23-10-4-3-5-17(23)21-16/h3-7,10-12H,8-9H2,1-2H3,(H3,19,20,22).